The molecule has 0 amide bonds. The van der Waals surface area contributed by atoms with Crippen LogP contribution in [-0.4, -0.2) is 24.9 Å². The molecule has 33 heavy (non-hydrogen) atoms. The molecule has 0 aliphatic heterocycles. The molecule has 7 heteroatoms. The fourth-order valence-corrected chi connectivity index (χ4v) is 6.19. The Morgan fingerprint density at radius 2 is 2.06 bits per heavy atom. The molecule has 168 valence electrons. The minimum Gasteiger partial charge on any atom is -0.523 e. The van der Waals surface area contributed by atoms with Crippen LogP contribution in [0.15, 0.2) is 58.8 Å². The van der Waals surface area contributed by atoms with E-state index in [2.05, 4.69) is 61.4 Å². The summed E-state index contributed by atoms with van der Waals surface area (Å²) in [6, 6.07) is 10.1. The third-order valence-corrected chi connectivity index (χ3v) is 7.87. The lowest BCUT2D eigenvalue weighted by Crippen LogP contribution is -2.46. The van der Waals surface area contributed by atoms with Crippen molar-refractivity contribution in [3.8, 4) is 17.1 Å². The van der Waals surface area contributed by atoms with E-state index < -0.39 is 0 Å². The minimum absolute atomic E-state index is 0.00164. The van der Waals surface area contributed by atoms with Gasteiger partial charge < -0.3 is 5.11 Å². The predicted octanol–water partition coefficient (Wildman–Crippen LogP) is 6.42. The second kappa shape index (κ2) is 8.42. The van der Waals surface area contributed by atoms with Gasteiger partial charge in [0.05, 0.1) is 29.4 Å². The van der Waals surface area contributed by atoms with E-state index in [-0.39, 0.29) is 17.3 Å². The molecule has 5 rings (SSSR count). The fraction of sp³-hybridized carbons (Fsp3) is 0.385. The van der Waals surface area contributed by atoms with Crippen molar-refractivity contribution >= 4 is 15.9 Å². The molecular formula is C26H26BrN5O. The number of allylic oxidation sites excluding steroid dienone is 2. The van der Waals surface area contributed by atoms with Gasteiger partial charge in [0, 0.05) is 27.6 Å². The summed E-state index contributed by atoms with van der Waals surface area (Å²) in [6.07, 6.45) is 7.49. The Kier molecular flexibility index (Phi) is 5.57. The molecule has 2 aliphatic carbocycles. The first-order valence-electron chi connectivity index (χ1n) is 11.4. The highest BCUT2D eigenvalue weighted by Crippen LogP contribution is 2.56. The van der Waals surface area contributed by atoms with Crippen molar-refractivity contribution in [3.05, 3.63) is 81.5 Å². The zero-order chi connectivity index (χ0) is 23.2. The average Bonchev–Trinajstić information content (AvgIpc) is 3.23. The van der Waals surface area contributed by atoms with Crippen LogP contribution in [0.2, 0.25) is 0 Å². The number of rotatable bonds is 4. The van der Waals surface area contributed by atoms with Crippen LogP contribution in [0.1, 0.15) is 50.8 Å². The highest BCUT2D eigenvalue weighted by Gasteiger charge is 2.52. The van der Waals surface area contributed by atoms with Crippen LogP contribution in [0, 0.1) is 18.4 Å². The van der Waals surface area contributed by atoms with Crippen molar-refractivity contribution in [2.75, 3.05) is 0 Å². The number of aromatic nitrogens is 4. The van der Waals surface area contributed by atoms with Crippen LogP contribution < -0.4 is 0 Å². The topological polar surface area (TPSA) is 68.2 Å². The number of nitrogens with zero attached hydrogens (tertiary/aromatic N) is 5. The van der Waals surface area contributed by atoms with Crippen LogP contribution in [0.4, 0.5) is 0 Å². The smallest absolute Gasteiger partial charge is 0.203 e. The van der Waals surface area contributed by atoms with Crippen LogP contribution in [0.5, 0.6) is 0 Å². The van der Waals surface area contributed by atoms with Gasteiger partial charge in [-0.3, -0.25) is 0 Å². The maximum Gasteiger partial charge on any atom is 0.203 e. The van der Waals surface area contributed by atoms with E-state index in [0.29, 0.717) is 17.9 Å². The number of fused-ring (bicyclic) bond motifs is 3. The van der Waals surface area contributed by atoms with E-state index >= 15 is 0 Å². The van der Waals surface area contributed by atoms with E-state index in [1.165, 1.54) is 5.56 Å². The first-order chi connectivity index (χ1) is 16.0. The first-order valence-corrected chi connectivity index (χ1v) is 12.2. The van der Waals surface area contributed by atoms with Crippen molar-refractivity contribution in [1.29, 1.82) is 0 Å². The zero-order valence-corrected chi connectivity index (χ0v) is 20.4. The predicted molar refractivity (Wildman–Crippen MR) is 131 cm³/mol. The van der Waals surface area contributed by atoms with Crippen molar-refractivity contribution in [2.45, 2.75) is 51.4 Å². The van der Waals surface area contributed by atoms with Gasteiger partial charge in [-0.2, -0.15) is 5.10 Å². The van der Waals surface area contributed by atoms with E-state index in [9.17, 15) is 5.11 Å². The molecule has 0 fully saturated rings. The van der Waals surface area contributed by atoms with Crippen molar-refractivity contribution < 1.29 is 5.11 Å². The zero-order valence-electron chi connectivity index (χ0n) is 18.8. The summed E-state index contributed by atoms with van der Waals surface area (Å²) in [5.74, 6) is 0.560. The van der Waals surface area contributed by atoms with Gasteiger partial charge in [-0.1, -0.05) is 36.2 Å². The van der Waals surface area contributed by atoms with E-state index in [0.717, 1.165) is 52.9 Å². The van der Waals surface area contributed by atoms with Crippen molar-refractivity contribution in [1.82, 2.24) is 19.7 Å². The Morgan fingerprint density at radius 3 is 2.73 bits per heavy atom. The van der Waals surface area contributed by atoms with Gasteiger partial charge in [0.25, 0.3) is 0 Å². The van der Waals surface area contributed by atoms with Gasteiger partial charge in [-0.15, -0.1) is 0 Å². The Labute approximate surface area is 202 Å². The molecule has 2 aromatic heterocycles. The Hall–Kier alpha value is -2.98. The summed E-state index contributed by atoms with van der Waals surface area (Å²) in [6.45, 7) is 12.2. The second-order valence-electron chi connectivity index (χ2n) is 9.24. The monoisotopic (exact) mass is 503 g/mol. The van der Waals surface area contributed by atoms with Gasteiger partial charge >= 0.3 is 0 Å². The maximum absolute atomic E-state index is 11.0. The first kappa shape index (κ1) is 21.8. The lowest BCUT2D eigenvalue weighted by atomic mass is 9.56. The third-order valence-electron chi connectivity index (χ3n) is 7.35. The van der Waals surface area contributed by atoms with Crippen LogP contribution >= 0.6 is 15.9 Å². The number of halogens is 1. The summed E-state index contributed by atoms with van der Waals surface area (Å²) in [5, 5.41) is 16.1. The number of aliphatic hydroxyl groups excluding tert-OH is 1. The second-order valence-corrected chi connectivity index (χ2v) is 10.2. The van der Waals surface area contributed by atoms with Gasteiger partial charge in [-0.05, 0) is 61.9 Å². The number of benzene rings is 1. The van der Waals surface area contributed by atoms with Gasteiger partial charge in [0.15, 0.2) is 0 Å². The molecule has 3 aromatic rings. The summed E-state index contributed by atoms with van der Waals surface area (Å²) >= 11 is 3.54. The summed E-state index contributed by atoms with van der Waals surface area (Å²) in [4.78, 5) is 12.4. The molecule has 2 aliphatic rings. The fourth-order valence-electron chi connectivity index (χ4n) is 5.92. The van der Waals surface area contributed by atoms with Gasteiger partial charge in [0.2, 0.25) is 5.70 Å². The largest absolute Gasteiger partial charge is 0.523 e. The molecule has 0 radical (unpaired) electrons. The summed E-state index contributed by atoms with van der Waals surface area (Å²) < 4.78 is 3.06. The molecule has 0 unspecified atom stereocenters. The van der Waals surface area contributed by atoms with Crippen LogP contribution in [0.25, 0.3) is 21.9 Å². The molecule has 0 saturated heterocycles. The Bertz CT molecular complexity index is 1260. The van der Waals surface area contributed by atoms with Gasteiger partial charge in [0.1, 0.15) is 12.0 Å². The lowest BCUT2D eigenvalue weighted by Gasteiger charge is -2.49. The van der Waals surface area contributed by atoms with E-state index in [4.69, 9.17) is 11.7 Å². The molecule has 6 nitrogen and oxygen atoms in total. The number of aliphatic hydroxyl groups is 1. The summed E-state index contributed by atoms with van der Waals surface area (Å²) in [7, 11) is 0. The standard InChI is InChI=1S/C26H26BrN5O/c1-4-5-18-20-11-10-19-23(21-12-13-29-15-30-21)31-32(17-8-6-16(27)7-9-17)25(19)26(20,2)14-22(28-3)24(18)33/h6-9,12-13,15,18,20,33H,4-5,10-11,14H2,1-2H3/t18-,20-,26-/m1/s1. The van der Waals surface area contributed by atoms with Crippen molar-refractivity contribution in [2.24, 2.45) is 11.8 Å². The molecule has 0 spiro atoms. The number of hydrogen-bond donors (Lipinski definition) is 1. The molecule has 1 aromatic carbocycles. The summed E-state index contributed by atoms with van der Waals surface area (Å²) in [5.41, 5.74) is 5.18. The normalized spacial score (nSPS) is 24.2. The molecular weight excluding hydrogens is 478 g/mol. The highest BCUT2D eigenvalue weighted by atomic mass is 79.9. The number of hydrogen-bond acceptors (Lipinski definition) is 4. The molecule has 3 atom stereocenters. The SMILES string of the molecule is [C-]#[N+]C1=C(O)[C@H](CCC)[C@H]2CCc3c(-c4ccncn4)nn(-c4ccc(Br)cc4)c3[C@]2(C)C1. The molecule has 0 saturated carbocycles. The van der Waals surface area contributed by atoms with Crippen LogP contribution in [0.3, 0.4) is 0 Å². The Balaban J connectivity index is 1.77. The molecule has 1 N–H and O–H groups in total. The van der Waals surface area contributed by atoms with Crippen LogP contribution in [-0.2, 0) is 11.8 Å². The minimum atomic E-state index is -0.315. The van der Waals surface area contributed by atoms with Gasteiger partial charge in [-0.25, -0.2) is 19.5 Å². The maximum atomic E-state index is 11.0. The van der Waals surface area contributed by atoms with Crippen molar-refractivity contribution in [3.63, 3.8) is 0 Å². The third kappa shape index (κ3) is 3.48. The molecule has 0 bridgehead atoms. The Morgan fingerprint density at radius 1 is 1.27 bits per heavy atom. The van der Waals surface area contributed by atoms with E-state index in [1.807, 2.05) is 18.2 Å². The quantitative estimate of drug-likeness (QED) is 0.417. The highest BCUT2D eigenvalue weighted by molar-refractivity contribution is 9.10. The average molecular weight is 504 g/mol. The van der Waals surface area contributed by atoms with E-state index in [1.54, 1.807) is 12.5 Å². The lowest BCUT2D eigenvalue weighted by molar-refractivity contribution is 0.116. The molecule has 2 heterocycles.